The number of benzene rings is 3. The van der Waals surface area contributed by atoms with Crippen LogP contribution in [0.4, 0.5) is 5.69 Å². The summed E-state index contributed by atoms with van der Waals surface area (Å²) in [6, 6.07) is 23.3. The molecule has 2 fully saturated rings. The van der Waals surface area contributed by atoms with E-state index in [1.165, 1.54) is 17.0 Å². The second-order valence-electron chi connectivity index (χ2n) is 12.2. The van der Waals surface area contributed by atoms with Gasteiger partial charge in [-0.15, -0.1) is 0 Å². The highest BCUT2D eigenvalue weighted by Gasteiger charge is 2.57. The fraction of sp³-hybridized carbons (Fsp3) is 0.314. The summed E-state index contributed by atoms with van der Waals surface area (Å²) >= 11 is 0. The van der Waals surface area contributed by atoms with Gasteiger partial charge in [-0.25, -0.2) is 0 Å². The number of imide groups is 1. The van der Waals surface area contributed by atoms with E-state index in [2.05, 4.69) is 25.1 Å². The molecule has 2 amide bonds. The van der Waals surface area contributed by atoms with Gasteiger partial charge in [0.05, 0.1) is 23.6 Å². The highest BCUT2D eigenvalue weighted by molar-refractivity contribution is 6.58. The summed E-state index contributed by atoms with van der Waals surface area (Å²) in [7, 11) is -2.80. The fourth-order valence-corrected chi connectivity index (χ4v) is 7.39. The van der Waals surface area contributed by atoms with Crippen molar-refractivity contribution < 1.29 is 34.4 Å². The van der Waals surface area contributed by atoms with Crippen LogP contribution in [0.1, 0.15) is 50.2 Å². The number of hydrogen-bond acceptors (Lipinski definition) is 7. The third kappa shape index (κ3) is 6.29. The number of carbonyl (C=O) groups excluding carboxylic acids is 2. The van der Waals surface area contributed by atoms with Crippen molar-refractivity contribution in [2.45, 2.75) is 51.5 Å². The first kappa shape index (κ1) is 31.0. The molecule has 0 radical (unpaired) electrons. The molecule has 0 spiro atoms. The van der Waals surface area contributed by atoms with Crippen molar-refractivity contribution in [2.24, 2.45) is 17.8 Å². The van der Waals surface area contributed by atoms with Crippen LogP contribution >= 0.6 is 0 Å². The molecule has 3 aromatic carbocycles. The van der Waals surface area contributed by atoms with Crippen molar-refractivity contribution in [3.63, 3.8) is 0 Å². The van der Waals surface area contributed by atoms with Crippen LogP contribution in [-0.2, 0) is 14.2 Å². The third-order valence-electron chi connectivity index (χ3n) is 9.34. The lowest BCUT2D eigenvalue weighted by Crippen LogP contribution is -2.46. The summed E-state index contributed by atoms with van der Waals surface area (Å²) in [4.78, 5) is 29.1. The predicted octanol–water partition coefficient (Wildman–Crippen LogP) is 4.19. The number of aromatic hydroxyl groups is 1. The summed E-state index contributed by atoms with van der Waals surface area (Å²) in [5.74, 6) is -1.92. The van der Waals surface area contributed by atoms with Crippen LogP contribution in [0.3, 0.4) is 0 Å². The Labute approximate surface area is 264 Å². The average Bonchev–Trinajstić information content (AvgIpc) is 3.29. The van der Waals surface area contributed by atoms with Gasteiger partial charge in [-0.05, 0) is 89.9 Å². The molecule has 0 aromatic heterocycles. The minimum atomic E-state index is -1.72. The van der Waals surface area contributed by atoms with Crippen molar-refractivity contribution in [1.82, 2.24) is 0 Å². The molecule has 2 aliphatic heterocycles. The van der Waals surface area contributed by atoms with E-state index in [-0.39, 0.29) is 35.3 Å². The molecule has 6 rings (SSSR count). The molecule has 4 atom stereocenters. The van der Waals surface area contributed by atoms with E-state index >= 15 is 0 Å². The number of phenolic OH excluding ortho intramolecular Hbond substituents is 1. The number of anilines is 1. The van der Waals surface area contributed by atoms with Gasteiger partial charge in [-0.1, -0.05) is 79.6 Å². The highest BCUT2D eigenvalue weighted by atomic mass is 16.5. The summed E-state index contributed by atoms with van der Waals surface area (Å²) in [5, 5.41) is 40.1. The molecule has 3 aliphatic rings. The van der Waals surface area contributed by atoms with Crippen molar-refractivity contribution in [3.05, 3.63) is 101 Å². The molecular formula is C35H37B2NO7. The maximum Gasteiger partial charge on any atom is 0.488 e. The Hall–Kier alpha value is -3.95. The van der Waals surface area contributed by atoms with Crippen LogP contribution in [0.15, 0.2) is 90.0 Å². The van der Waals surface area contributed by atoms with Gasteiger partial charge in [0.1, 0.15) is 5.75 Å². The summed E-state index contributed by atoms with van der Waals surface area (Å²) < 4.78 is 6.22. The Kier molecular flexibility index (Phi) is 9.10. The van der Waals surface area contributed by atoms with Gasteiger partial charge < -0.3 is 24.8 Å². The number of rotatable bonds is 9. The minimum Gasteiger partial charge on any atom is -0.508 e. The number of amides is 2. The number of nitrogens with zero attached hydrogens (tertiary/aromatic N) is 1. The largest absolute Gasteiger partial charge is 0.508 e. The number of carbonyl (C=O) groups is 2. The van der Waals surface area contributed by atoms with Crippen LogP contribution in [-0.4, -0.2) is 52.3 Å². The molecule has 3 aromatic rings. The van der Waals surface area contributed by atoms with E-state index in [0.717, 1.165) is 40.7 Å². The van der Waals surface area contributed by atoms with Crippen molar-refractivity contribution >= 4 is 48.9 Å². The zero-order valence-corrected chi connectivity index (χ0v) is 25.3. The van der Waals surface area contributed by atoms with E-state index in [1.54, 1.807) is 24.3 Å². The van der Waals surface area contributed by atoms with Gasteiger partial charge in [-0.2, -0.15) is 0 Å². The topological polar surface area (TPSA) is 128 Å². The first-order valence-electron chi connectivity index (χ1n) is 15.7. The van der Waals surface area contributed by atoms with Gasteiger partial charge in [0.25, 0.3) is 0 Å². The number of allylic oxidation sites excluding steroid dienone is 2. The number of fused-ring (bicyclic) bond motifs is 3. The maximum absolute atomic E-state index is 14.1. The molecule has 230 valence electrons. The van der Waals surface area contributed by atoms with E-state index in [0.29, 0.717) is 24.9 Å². The van der Waals surface area contributed by atoms with Crippen LogP contribution in [0.25, 0.3) is 11.6 Å². The van der Waals surface area contributed by atoms with E-state index in [1.807, 2.05) is 30.3 Å². The zero-order chi connectivity index (χ0) is 31.7. The Balaban J connectivity index is 1.32. The number of hydrogen-bond donors (Lipinski definition) is 4. The zero-order valence-electron chi connectivity index (χ0n) is 25.3. The van der Waals surface area contributed by atoms with Crippen LogP contribution < -0.4 is 10.4 Å². The Morgan fingerprint density at radius 2 is 1.76 bits per heavy atom. The van der Waals surface area contributed by atoms with Crippen LogP contribution in [0.5, 0.6) is 5.75 Å². The average molecular weight is 605 g/mol. The second-order valence-corrected chi connectivity index (χ2v) is 12.2. The van der Waals surface area contributed by atoms with Gasteiger partial charge in [0, 0.05) is 0 Å². The second kappa shape index (κ2) is 13.2. The summed E-state index contributed by atoms with van der Waals surface area (Å²) in [6.07, 6.45) is 5.23. The molecule has 2 heterocycles. The Morgan fingerprint density at radius 3 is 2.47 bits per heavy atom. The monoisotopic (exact) mass is 605 g/mol. The molecule has 10 heteroatoms. The number of phenols is 1. The van der Waals surface area contributed by atoms with Gasteiger partial charge in [0.15, 0.2) is 0 Å². The minimum absolute atomic E-state index is 0.199. The molecule has 0 bridgehead atoms. The first-order chi connectivity index (χ1) is 21.7. The van der Waals surface area contributed by atoms with Crippen LogP contribution in [0, 0.1) is 17.8 Å². The van der Waals surface area contributed by atoms with Crippen LogP contribution in [0.2, 0.25) is 6.32 Å². The molecule has 0 saturated carbocycles. The Bertz CT molecular complexity index is 1620. The van der Waals surface area contributed by atoms with Gasteiger partial charge >= 0.3 is 14.2 Å². The normalized spacial score (nSPS) is 23.3. The summed E-state index contributed by atoms with van der Waals surface area (Å²) in [6.45, 7) is 2.09. The molecule has 2 saturated heterocycles. The smallest absolute Gasteiger partial charge is 0.488 e. The van der Waals surface area contributed by atoms with Crippen molar-refractivity contribution in [3.8, 4) is 5.75 Å². The lowest BCUT2D eigenvalue weighted by Gasteiger charge is -2.43. The molecule has 1 aliphatic carbocycles. The predicted molar refractivity (Wildman–Crippen MR) is 175 cm³/mol. The molecule has 8 nitrogen and oxygen atoms in total. The highest BCUT2D eigenvalue weighted by Crippen LogP contribution is 2.52. The molecule has 0 unspecified atom stereocenters. The Morgan fingerprint density at radius 1 is 1.00 bits per heavy atom. The first-order valence-corrected chi connectivity index (χ1v) is 15.7. The molecule has 45 heavy (non-hydrogen) atoms. The third-order valence-corrected chi connectivity index (χ3v) is 9.34. The standard InChI is InChI=1S/C35H37B2NO7/c1-2-7-25-19-29-33(35(41)38(34(29)40)27-11-6-10-26(20-27)37(43)44)30-21-36(42)45-31(32(25)30)17-14-24(23-8-4-3-5-9-23)18-22-12-15-28(39)16-13-22/h3-6,8-13,15-16,18,20,29-31,33,39,42-44H,2,7,14,17,19,21H2,1H3/b24-18-/t29-,30+,31-,33-/m1/s1. The molecular weight excluding hydrogens is 568 g/mol. The SMILES string of the molecule is CCCC1=C2[C@@H](CC/C(=C/c3ccc(O)cc3)c3ccccc3)OB(O)C[C@@H]2[C@@H]2C(=O)N(c3cccc(B(O)O)c3)C(=O)[C@@H]2C1. The van der Waals surface area contributed by atoms with Gasteiger partial charge in [0.2, 0.25) is 11.8 Å². The lowest BCUT2D eigenvalue weighted by atomic mass is 9.58. The van der Waals surface area contributed by atoms with Crippen molar-refractivity contribution in [1.29, 1.82) is 0 Å². The van der Waals surface area contributed by atoms with Gasteiger partial charge in [-0.3, -0.25) is 14.5 Å². The quantitative estimate of drug-likeness (QED) is 0.125. The van der Waals surface area contributed by atoms with E-state index in [4.69, 9.17) is 4.65 Å². The maximum atomic E-state index is 14.1. The lowest BCUT2D eigenvalue weighted by molar-refractivity contribution is -0.122. The molecule has 4 N–H and O–H groups in total. The van der Waals surface area contributed by atoms with Crippen molar-refractivity contribution in [2.75, 3.05) is 4.90 Å². The van der Waals surface area contributed by atoms with E-state index in [9.17, 15) is 29.8 Å². The summed E-state index contributed by atoms with van der Waals surface area (Å²) in [5.41, 5.74) is 5.79. The fourth-order valence-electron chi connectivity index (χ4n) is 7.39. The van der Waals surface area contributed by atoms with E-state index < -0.39 is 32.2 Å².